The number of carboxylic acid groups (broad SMARTS) is 1. The van der Waals surface area contributed by atoms with Crippen molar-refractivity contribution in [2.75, 3.05) is 0 Å². The van der Waals surface area contributed by atoms with Gasteiger partial charge in [0.05, 0.1) is 28.6 Å². The molecule has 0 atom stereocenters. The third kappa shape index (κ3) is 1.85. The van der Waals surface area contributed by atoms with Gasteiger partial charge in [-0.2, -0.15) is 10.4 Å². The Morgan fingerprint density at radius 1 is 1.40 bits per heavy atom. The predicted octanol–water partition coefficient (Wildman–Crippen LogP) is 2.60. The molecule has 102 valence electrons. The molecule has 1 heterocycles. The highest BCUT2D eigenvalue weighted by Gasteiger charge is 2.41. The first-order chi connectivity index (χ1) is 9.66. The molecule has 2 aromatic rings. The molecule has 5 nitrogen and oxygen atoms in total. The number of aromatic nitrogens is 2. The summed E-state index contributed by atoms with van der Waals surface area (Å²) < 4.78 is 0. The van der Waals surface area contributed by atoms with Gasteiger partial charge in [-0.05, 0) is 31.7 Å². The van der Waals surface area contributed by atoms with Crippen LogP contribution in [0.3, 0.4) is 0 Å². The second-order valence-electron chi connectivity index (χ2n) is 5.42. The molecule has 0 amide bonds. The number of nitrogens with one attached hydrogen (secondary N) is 1. The SMILES string of the molecule is N#CC1(c2[nH]nc3ccccc23)CCC(C(=O)O)CC1. The topological polar surface area (TPSA) is 89.8 Å². The number of carboxylic acids is 1. The van der Waals surface area contributed by atoms with Crippen LogP contribution in [0.2, 0.25) is 0 Å². The minimum atomic E-state index is -0.758. The number of nitrogens with zero attached hydrogens (tertiary/aromatic N) is 2. The van der Waals surface area contributed by atoms with Crippen molar-refractivity contribution in [1.82, 2.24) is 10.2 Å². The van der Waals surface area contributed by atoms with Crippen LogP contribution in [0.15, 0.2) is 24.3 Å². The van der Waals surface area contributed by atoms with Crippen molar-refractivity contribution >= 4 is 16.9 Å². The number of H-pyrrole nitrogens is 1. The summed E-state index contributed by atoms with van der Waals surface area (Å²) in [5, 5.41) is 26.9. The summed E-state index contributed by atoms with van der Waals surface area (Å²) in [6.07, 6.45) is 2.20. The van der Waals surface area contributed by atoms with E-state index in [2.05, 4.69) is 16.3 Å². The molecule has 1 aromatic carbocycles. The maximum absolute atomic E-state index is 11.0. The lowest BCUT2D eigenvalue weighted by Crippen LogP contribution is -2.33. The van der Waals surface area contributed by atoms with Gasteiger partial charge in [0.1, 0.15) is 0 Å². The number of aromatic amines is 1. The monoisotopic (exact) mass is 269 g/mol. The zero-order valence-electron chi connectivity index (χ0n) is 11.0. The lowest BCUT2D eigenvalue weighted by atomic mass is 9.69. The van der Waals surface area contributed by atoms with Gasteiger partial charge in [-0.15, -0.1) is 0 Å². The lowest BCUT2D eigenvalue weighted by Gasteiger charge is -2.32. The van der Waals surface area contributed by atoms with Crippen LogP contribution in [0, 0.1) is 17.2 Å². The zero-order chi connectivity index (χ0) is 14.2. The molecule has 20 heavy (non-hydrogen) atoms. The predicted molar refractivity (Wildman–Crippen MR) is 73.0 cm³/mol. The third-order valence-electron chi connectivity index (χ3n) is 4.34. The smallest absolute Gasteiger partial charge is 0.306 e. The van der Waals surface area contributed by atoms with Crippen LogP contribution < -0.4 is 0 Å². The number of para-hydroxylation sites is 1. The molecule has 1 aromatic heterocycles. The number of benzene rings is 1. The quantitative estimate of drug-likeness (QED) is 0.876. The van der Waals surface area contributed by atoms with Crippen LogP contribution in [-0.2, 0) is 10.2 Å². The van der Waals surface area contributed by atoms with E-state index in [0.717, 1.165) is 16.6 Å². The van der Waals surface area contributed by atoms with Crippen LogP contribution in [0.4, 0.5) is 0 Å². The van der Waals surface area contributed by atoms with E-state index in [1.54, 1.807) is 0 Å². The van der Waals surface area contributed by atoms with Gasteiger partial charge in [-0.3, -0.25) is 9.89 Å². The van der Waals surface area contributed by atoms with Crippen molar-refractivity contribution in [2.24, 2.45) is 5.92 Å². The Hall–Kier alpha value is -2.35. The average Bonchev–Trinajstić information content (AvgIpc) is 2.91. The van der Waals surface area contributed by atoms with E-state index in [4.69, 9.17) is 5.11 Å². The second-order valence-corrected chi connectivity index (χ2v) is 5.42. The number of rotatable bonds is 2. The number of hydrogen-bond acceptors (Lipinski definition) is 3. The highest BCUT2D eigenvalue weighted by atomic mass is 16.4. The summed E-state index contributed by atoms with van der Waals surface area (Å²) in [4.78, 5) is 11.0. The summed E-state index contributed by atoms with van der Waals surface area (Å²) in [6.45, 7) is 0. The zero-order valence-corrected chi connectivity index (χ0v) is 11.0. The van der Waals surface area contributed by atoms with Gasteiger partial charge in [0.2, 0.25) is 0 Å². The Morgan fingerprint density at radius 2 is 2.10 bits per heavy atom. The maximum Gasteiger partial charge on any atom is 0.306 e. The van der Waals surface area contributed by atoms with Crippen molar-refractivity contribution in [3.8, 4) is 6.07 Å². The number of fused-ring (bicyclic) bond motifs is 1. The van der Waals surface area contributed by atoms with E-state index < -0.39 is 11.4 Å². The number of carbonyl (C=O) groups is 1. The standard InChI is InChI=1S/C15H15N3O2/c16-9-15(7-5-10(6-8-15)14(19)20)13-11-3-1-2-4-12(11)17-18-13/h1-4,10H,5-8H2,(H,17,18)(H,19,20). The van der Waals surface area contributed by atoms with Gasteiger partial charge >= 0.3 is 5.97 Å². The molecule has 1 aliphatic carbocycles. The highest BCUT2D eigenvalue weighted by molar-refractivity contribution is 5.82. The van der Waals surface area contributed by atoms with E-state index in [-0.39, 0.29) is 5.92 Å². The molecule has 0 spiro atoms. The van der Waals surface area contributed by atoms with Crippen molar-refractivity contribution in [3.05, 3.63) is 30.0 Å². The Kier molecular flexibility index (Phi) is 2.94. The van der Waals surface area contributed by atoms with Crippen molar-refractivity contribution < 1.29 is 9.90 Å². The first kappa shape index (κ1) is 12.7. The first-order valence-electron chi connectivity index (χ1n) is 6.74. The molecule has 1 saturated carbocycles. The largest absolute Gasteiger partial charge is 0.481 e. The molecule has 0 bridgehead atoms. The summed E-state index contributed by atoms with van der Waals surface area (Å²) in [7, 11) is 0. The fourth-order valence-corrected chi connectivity index (χ4v) is 3.10. The normalized spacial score (nSPS) is 26.2. The molecule has 1 aliphatic rings. The van der Waals surface area contributed by atoms with Gasteiger partial charge in [-0.1, -0.05) is 18.2 Å². The van der Waals surface area contributed by atoms with Gasteiger partial charge in [0.15, 0.2) is 0 Å². The average molecular weight is 269 g/mol. The van der Waals surface area contributed by atoms with Crippen LogP contribution in [-0.4, -0.2) is 21.3 Å². The van der Waals surface area contributed by atoms with E-state index in [1.807, 2.05) is 24.3 Å². The van der Waals surface area contributed by atoms with Gasteiger partial charge in [0, 0.05) is 5.39 Å². The Morgan fingerprint density at radius 3 is 2.75 bits per heavy atom. The van der Waals surface area contributed by atoms with Crippen molar-refractivity contribution in [2.45, 2.75) is 31.1 Å². The van der Waals surface area contributed by atoms with E-state index in [0.29, 0.717) is 25.7 Å². The molecule has 0 aliphatic heterocycles. The van der Waals surface area contributed by atoms with E-state index in [1.165, 1.54) is 0 Å². The Balaban J connectivity index is 1.99. The fourth-order valence-electron chi connectivity index (χ4n) is 3.10. The second kappa shape index (κ2) is 4.64. The summed E-state index contributed by atoms with van der Waals surface area (Å²) in [5.74, 6) is -1.09. The maximum atomic E-state index is 11.0. The molecule has 0 saturated heterocycles. The fraction of sp³-hybridized carbons (Fsp3) is 0.400. The van der Waals surface area contributed by atoms with Crippen molar-refractivity contribution in [3.63, 3.8) is 0 Å². The highest BCUT2D eigenvalue weighted by Crippen LogP contribution is 2.42. The van der Waals surface area contributed by atoms with Crippen LogP contribution in [0.1, 0.15) is 31.4 Å². The molecule has 3 rings (SSSR count). The van der Waals surface area contributed by atoms with Crippen molar-refractivity contribution in [1.29, 1.82) is 5.26 Å². The van der Waals surface area contributed by atoms with E-state index >= 15 is 0 Å². The van der Waals surface area contributed by atoms with Crippen LogP contribution >= 0.6 is 0 Å². The molecule has 5 heteroatoms. The Bertz CT molecular complexity index is 690. The molecule has 0 radical (unpaired) electrons. The summed E-state index contributed by atoms with van der Waals surface area (Å²) >= 11 is 0. The Labute approximate surface area is 116 Å². The molecule has 1 fully saturated rings. The number of nitriles is 1. The summed E-state index contributed by atoms with van der Waals surface area (Å²) in [6, 6.07) is 10.1. The first-order valence-corrected chi connectivity index (χ1v) is 6.74. The molecular formula is C15H15N3O2. The van der Waals surface area contributed by atoms with Gasteiger partial charge in [-0.25, -0.2) is 0 Å². The van der Waals surface area contributed by atoms with Crippen LogP contribution in [0.25, 0.3) is 10.9 Å². The molecular weight excluding hydrogens is 254 g/mol. The molecule has 0 unspecified atom stereocenters. The lowest BCUT2D eigenvalue weighted by molar-refractivity contribution is -0.143. The van der Waals surface area contributed by atoms with Crippen LogP contribution in [0.5, 0.6) is 0 Å². The minimum absolute atomic E-state index is 0.328. The van der Waals surface area contributed by atoms with Gasteiger partial charge in [0.25, 0.3) is 0 Å². The van der Waals surface area contributed by atoms with E-state index in [9.17, 15) is 10.1 Å². The van der Waals surface area contributed by atoms with Gasteiger partial charge < -0.3 is 5.11 Å². The minimum Gasteiger partial charge on any atom is -0.481 e. The summed E-state index contributed by atoms with van der Waals surface area (Å²) in [5.41, 5.74) is 1.04. The third-order valence-corrected chi connectivity index (χ3v) is 4.34. The number of hydrogen-bond donors (Lipinski definition) is 2. The number of aliphatic carboxylic acids is 1. The molecule has 2 N–H and O–H groups in total.